The van der Waals surface area contributed by atoms with E-state index in [9.17, 15) is 4.79 Å². The lowest BCUT2D eigenvalue weighted by Crippen LogP contribution is -2.30. The van der Waals surface area contributed by atoms with Crippen LogP contribution in [-0.2, 0) is 19.4 Å². The molecule has 4 heteroatoms. The topological polar surface area (TPSA) is 60.0 Å². The van der Waals surface area contributed by atoms with E-state index in [2.05, 4.69) is 12.2 Å². The van der Waals surface area contributed by atoms with Gasteiger partial charge in [-0.2, -0.15) is 0 Å². The fraction of sp³-hybridized carbons (Fsp3) is 0.615. The molecular weight excluding hydrogens is 214 g/mol. The first-order chi connectivity index (χ1) is 8.27. The summed E-state index contributed by atoms with van der Waals surface area (Å²) in [6, 6.07) is 1.79. The minimum absolute atomic E-state index is 0.126. The van der Waals surface area contributed by atoms with Gasteiger partial charge in [0.2, 0.25) is 0 Å². The standard InChI is InChI=1S/C13H21N3O/c1-2-10-9-12(17)16-8-4-7-15-13(16)11(10)5-3-6-14/h9,15H,2-8,14H2,1H3. The summed E-state index contributed by atoms with van der Waals surface area (Å²) in [7, 11) is 0. The first-order valence-corrected chi connectivity index (χ1v) is 6.47. The van der Waals surface area contributed by atoms with Gasteiger partial charge < -0.3 is 11.1 Å². The first kappa shape index (κ1) is 12.2. The zero-order chi connectivity index (χ0) is 12.3. The van der Waals surface area contributed by atoms with Crippen LogP contribution in [0.4, 0.5) is 5.82 Å². The van der Waals surface area contributed by atoms with E-state index in [0.717, 1.165) is 44.6 Å². The second kappa shape index (κ2) is 5.36. The number of aromatic nitrogens is 1. The molecule has 0 saturated carbocycles. The maximum absolute atomic E-state index is 12.0. The molecule has 0 amide bonds. The molecule has 0 atom stereocenters. The van der Waals surface area contributed by atoms with Crippen molar-refractivity contribution in [3.05, 3.63) is 27.5 Å². The summed E-state index contributed by atoms with van der Waals surface area (Å²) in [4.78, 5) is 12.0. The van der Waals surface area contributed by atoms with E-state index in [4.69, 9.17) is 5.73 Å². The van der Waals surface area contributed by atoms with Crippen LogP contribution in [-0.4, -0.2) is 17.7 Å². The van der Waals surface area contributed by atoms with Crippen molar-refractivity contribution in [2.75, 3.05) is 18.4 Å². The highest BCUT2D eigenvalue weighted by molar-refractivity contribution is 5.50. The zero-order valence-electron chi connectivity index (χ0n) is 10.5. The van der Waals surface area contributed by atoms with Gasteiger partial charge in [-0.25, -0.2) is 0 Å². The maximum atomic E-state index is 12.0. The monoisotopic (exact) mass is 235 g/mol. The van der Waals surface area contributed by atoms with Crippen molar-refractivity contribution in [2.45, 2.75) is 39.2 Å². The van der Waals surface area contributed by atoms with Gasteiger partial charge in [-0.15, -0.1) is 0 Å². The highest BCUT2D eigenvalue weighted by Crippen LogP contribution is 2.23. The van der Waals surface area contributed by atoms with E-state index in [-0.39, 0.29) is 5.56 Å². The summed E-state index contributed by atoms with van der Waals surface area (Å²) in [5.41, 5.74) is 8.17. The fourth-order valence-corrected chi connectivity index (χ4v) is 2.48. The van der Waals surface area contributed by atoms with Gasteiger partial charge in [-0.05, 0) is 43.4 Å². The third-order valence-electron chi connectivity index (χ3n) is 3.37. The van der Waals surface area contributed by atoms with Gasteiger partial charge in [0, 0.05) is 19.2 Å². The van der Waals surface area contributed by atoms with Gasteiger partial charge in [0.15, 0.2) is 0 Å². The molecule has 2 heterocycles. The minimum atomic E-state index is 0.126. The average molecular weight is 235 g/mol. The van der Waals surface area contributed by atoms with Crippen molar-refractivity contribution in [2.24, 2.45) is 5.73 Å². The van der Waals surface area contributed by atoms with Crippen LogP contribution >= 0.6 is 0 Å². The molecule has 2 rings (SSSR count). The molecule has 1 aliphatic heterocycles. The summed E-state index contributed by atoms with van der Waals surface area (Å²) < 4.78 is 1.87. The van der Waals surface area contributed by atoms with Crippen LogP contribution in [0.5, 0.6) is 0 Å². The number of aryl methyl sites for hydroxylation is 1. The van der Waals surface area contributed by atoms with Crippen molar-refractivity contribution in [1.29, 1.82) is 0 Å². The highest BCUT2D eigenvalue weighted by Gasteiger charge is 2.16. The lowest BCUT2D eigenvalue weighted by Gasteiger charge is -2.24. The van der Waals surface area contributed by atoms with E-state index >= 15 is 0 Å². The Hall–Kier alpha value is -1.29. The Labute approximate surface area is 102 Å². The Morgan fingerprint density at radius 3 is 3.06 bits per heavy atom. The molecule has 0 unspecified atom stereocenters. The van der Waals surface area contributed by atoms with E-state index in [1.807, 2.05) is 4.57 Å². The normalized spacial score (nSPS) is 14.2. The highest BCUT2D eigenvalue weighted by atomic mass is 16.1. The van der Waals surface area contributed by atoms with E-state index in [1.54, 1.807) is 6.07 Å². The summed E-state index contributed by atoms with van der Waals surface area (Å²) in [5.74, 6) is 1.04. The lowest BCUT2D eigenvalue weighted by atomic mass is 10.0. The fourth-order valence-electron chi connectivity index (χ4n) is 2.48. The van der Waals surface area contributed by atoms with E-state index < -0.39 is 0 Å². The third-order valence-corrected chi connectivity index (χ3v) is 3.37. The van der Waals surface area contributed by atoms with Gasteiger partial charge >= 0.3 is 0 Å². The molecule has 0 spiro atoms. The number of hydrogen-bond acceptors (Lipinski definition) is 3. The largest absolute Gasteiger partial charge is 0.371 e. The van der Waals surface area contributed by atoms with Crippen LogP contribution < -0.4 is 16.6 Å². The van der Waals surface area contributed by atoms with Crippen molar-refractivity contribution >= 4 is 5.82 Å². The molecule has 1 aliphatic rings. The molecule has 0 saturated heterocycles. The van der Waals surface area contributed by atoms with Crippen LogP contribution in [0, 0.1) is 0 Å². The van der Waals surface area contributed by atoms with Gasteiger partial charge in [0.25, 0.3) is 5.56 Å². The Morgan fingerprint density at radius 1 is 1.53 bits per heavy atom. The molecule has 1 aromatic rings. The second-order valence-electron chi connectivity index (χ2n) is 4.51. The minimum Gasteiger partial charge on any atom is -0.371 e. The van der Waals surface area contributed by atoms with Crippen molar-refractivity contribution in [3.63, 3.8) is 0 Å². The van der Waals surface area contributed by atoms with Crippen molar-refractivity contribution < 1.29 is 0 Å². The quantitative estimate of drug-likeness (QED) is 0.822. The smallest absolute Gasteiger partial charge is 0.252 e. The number of hydrogen-bond donors (Lipinski definition) is 2. The molecule has 94 valence electrons. The molecule has 0 aromatic carbocycles. The predicted molar refractivity (Wildman–Crippen MR) is 70.6 cm³/mol. The van der Waals surface area contributed by atoms with Crippen molar-refractivity contribution in [1.82, 2.24) is 4.57 Å². The van der Waals surface area contributed by atoms with Crippen LogP contribution in [0.25, 0.3) is 0 Å². The van der Waals surface area contributed by atoms with Crippen LogP contribution in [0.1, 0.15) is 30.9 Å². The van der Waals surface area contributed by atoms with Crippen LogP contribution in [0.15, 0.2) is 10.9 Å². The zero-order valence-corrected chi connectivity index (χ0v) is 10.5. The summed E-state index contributed by atoms with van der Waals surface area (Å²) in [6.07, 6.45) is 3.86. The Kier molecular flexibility index (Phi) is 3.84. The number of nitrogens with two attached hydrogens (primary N) is 1. The van der Waals surface area contributed by atoms with E-state index in [1.165, 1.54) is 11.1 Å². The van der Waals surface area contributed by atoms with Gasteiger partial charge in [0.05, 0.1) is 0 Å². The van der Waals surface area contributed by atoms with Gasteiger partial charge in [-0.1, -0.05) is 6.92 Å². The number of fused-ring (bicyclic) bond motifs is 1. The van der Waals surface area contributed by atoms with Crippen molar-refractivity contribution in [3.8, 4) is 0 Å². The molecule has 1 aromatic heterocycles. The molecule has 3 N–H and O–H groups in total. The molecule has 0 bridgehead atoms. The third kappa shape index (κ3) is 2.36. The van der Waals surface area contributed by atoms with Gasteiger partial charge in [-0.3, -0.25) is 9.36 Å². The molecule has 0 aliphatic carbocycles. The summed E-state index contributed by atoms with van der Waals surface area (Å²) in [6.45, 7) is 4.59. The molecule has 17 heavy (non-hydrogen) atoms. The lowest BCUT2D eigenvalue weighted by molar-refractivity contribution is 0.600. The number of nitrogens with zero attached hydrogens (tertiary/aromatic N) is 1. The Morgan fingerprint density at radius 2 is 2.35 bits per heavy atom. The Balaban J connectivity index is 2.48. The Bertz CT molecular complexity index is 451. The molecule has 0 radical (unpaired) electrons. The number of anilines is 1. The summed E-state index contributed by atoms with van der Waals surface area (Å²) in [5, 5.41) is 3.38. The maximum Gasteiger partial charge on any atom is 0.252 e. The molecule has 0 fully saturated rings. The van der Waals surface area contributed by atoms with Gasteiger partial charge in [0.1, 0.15) is 5.82 Å². The SMILES string of the molecule is CCc1cc(=O)n2c(c1CCCN)NCCC2. The summed E-state index contributed by atoms with van der Waals surface area (Å²) >= 11 is 0. The van der Waals surface area contributed by atoms with E-state index in [0.29, 0.717) is 6.54 Å². The first-order valence-electron chi connectivity index (χ1n) is 6.47. The average Bonchev–Trinajstić information content (AvgIpc) is 2.37. The second-order valence-corrected chi connectivity index (χ2v) is 4.51. The molecule has 4 nitrogen and oxygen atoms in total. The predicted octanol–water partition coefficient (Wildman–Crippen LogP) is 1.12. The van der Waals surface area contributed by atoms with Crippen LogP contribution in [0.3, 0.4) is 0 Å². The number of nitrogens with one attached hydrogen (secondary N) is 1. The number of rotatable bonds is 4. The van der Waals surface area contributed by atoms with Crippen LogP contribution in [0.2, 0.25) is 0 Å². The number of pyridine rings is 1. The molecular formula is C13H21N3O.